The third-order valence-corrected chi connectivity index (χ3v) is 6.80. The van der Waals surface area contributed by atoms with Crippen molar-refractivity contribution in [1.29, 1.82) is 0 Å². The monoisotopic (exact) mass is 372 g/mol. The molecule has 0 saturated carbocycles. The van der Waals surface area contributed by atoms with Crippen LogP contribution in [0.5, 0.6) is 0 Å². The van der Waals surface area contributed by atoms with Crippen molar-refractivity contribution in [3.05, 3.63) is 53.4 Å². The van der Waals surface area contributed by atoms with Crippen LogP contribution in [-0.2, 0) is 13.1 Å². The molecule has 3 atom stereocenters. The lowest BCUT2D eigenvalue weighted by Crippen LogP contribution is -2.59. The average Bonchev–Trinajstić information content (AvgIpc) is 3.28. The third kappa shape index (κ3) is 2.99. The highest BCUT2D eigenvalue weighted by molar-refractivity contribution is 5.28. The number of likely N-dealkylation sites (tertiary alicyclic amines) is 1. The molecule has 2 aromatic rings. The number of nitrogens with zero attached hydrogens (tertiary/aromatic N) is 4. The molecule has 4 nitrogen and oxygen atoms in total. The van der Waals surface area contributed by atoms with Crippen molar-refractivity contribution < 1.29 is 8.78 Å². The Labute approximate surface area is 158 Å². The molecule has 0 amide bonds. The Morgan fingerprint density at radius 2 is 1.81 bits per heavy atom. The zero-order valence-corrected chi connectivity index (χ0v) is 15.7. The van der Waals surface area contributed by atoms with Crippen LogP contribution >= 0.6 is 0 Å². The number of hydrogen-bond donors (Lipinski definition) is 0. The van der Waals surface area contributed by atoms with Crippen LogP contribution < -0.4 is 0 Å². The molecule has 144 valence electrons. The molecular formula is C21H26F2N4. The molecule has 6 rings (SSSR count). The molecular weight excluding hydrogens is 346 g/mol. The third-order valence-electron chi connectivity index (χ3n) is 6.80. The van der Waals surface area contributed by atoms with Gasteiger partial charge in [0.05, 0.1) is 6.20 Å². The number of aromatic nitrogens is 2. The van der Waals surface area contributed by atoms with E-state index in [2.05, 4.69) is 28.0 Å². The predicted molar refractivity (Wildman–Crippen MR) is 99.3 cm³/mol. The fraction of sp³-hybridized carbons (Fsp3) is 0.571. The zero-order valence-electron chi connectivity index (χ0n) is 15.7. The fourth-order valence-corrected chi connectivity index (χ4v) is 5.70. The smallest absolute Gasteiger partial charge is 0.126 e. The Bertz CT molecular complexity index is 807. The number of halogens is 2. The average molecular weight is 372 g/mol. The summed E-state index contributed by atoms with van der Waals surface area (Å²) in [5.41, 5.74) is 2.03. The molecule has 4 aliphatic heterocycles. The first-order valence-electron chi connectivity index (χ1n) is 10.1. The number of aryl methyl sites for hydroxylation is 1. The summed E-state index contributed by atoms with van der Waals surface area (Å²) < 4.78 is 29.8. The van der Waals surface area contributed by atoms with E-state index in [1.165, 1.54) is 30.5 Å². The van der Waals surface area contributed by atoms with Crippen molar-refractivity contribution in [1.82, 2.24) is 19.6 Å². The topological polar surface area (TPSA) is 24.3 Å². The first-order valence-corrected chi connectivity index (χ1v) is 10.1. The summed E-state index contributed by atoms with van der Waals surface area (Å²) in [6.45, 7) is 6.89. The summed E-state index contributed by atoms with van der Waals surface area (Å²) in [5.74, 6) is -0.102. The van der Waals surface area contributed by atoms with E-state index in [0.717, 1.165) is 44.4 Å². The molecule has 1 aromatic heterocycles. The van der Waals surface area contributed by atoms with Crippen molar-refractivity contribution in [3.8, 4) is 0 Å². The van der Waals surface area contributed by atoms with Gasteiger partial charge in [0.1, 0.15) is 11.6 Å². The summed E-state index contributed by atoms with van der Waals surface area (Å²) in [4.78, 5) is 5.11. The Balaban J connectivity index is 1.47. The van der Waals surface area contributed by atoms with Crippen molar-refractivity contribution in [3.63, 3.8) is 0 Å². The second-order valence-electron chi connectivity index (χ2n) is 8.30. The van der Waals surface area contributed by atoms with E-state index < -0.39 is 11.6 Å². The molecule has 1 aromatic carbocycles. The van der Waals surface area contributed by atoms with E-state index in [1.54, 1.807) is 0 Å². The highest BCUT2D eigenvalue weighted by atomic mass is 19.1. The normalized spacial score (nSPS) is 32.8. The maximum atomic E-state index is 13.9. The van der Waals surface area contributed by atoms with Crippen LogP contribution in [0.1, 0.15) is 36.8 Å². The molecule has 0 spiro atoms. The second kappa shape index (κ2) is 6.67. The quantitative estimate of drug-likeness (QED) is 0.824. The lowest BCUT2D eigenvalue weighted by atomic mass is 9.75. The number of rotatable bonds is 4. The molecule has 6 heteroatoms. The van der Waals surface area contributed by atoms with Gasteiger partial charge < -0.3 is 0 Å². The molecule has 4 aliphatic rings. The molecule has 0 radical (unpaired) electrons. The minimum atomic E-state index is -0.472. The van der Waals surface area contributed by atoms with E-state index >= 15 is 0 Å². The highest BCUT2D eigenvalue weighted by Crippen LogP contribution is 2.47. The maximum absolute atomic E-state index is 13.9. The second-order valence-corrected chi connectivity index (χ2v) is 8.30. The summed E-state index contributed by atoms with van der Waals surface area (Å²) in [5, 5.41) is 4.41. The van der Waals surface area contributed by atoms with Crippen LogP contribution in [-0.4, -0.2) is 51.3 Å². The van der Waals surface area contributed by atoms with Gasteiger partial charge >= 0.3 is 0 Å². The van der Waals surface area contributed by atoms with Gasteiger partial charge in [0.25, 0.3) is 0 Å². The Morgan fingerprint density at radius 3 is 2.48 bits per heavy atom. The van der Waals surface area contributed by atoms with E-state index in [-0.39, 0.29) is 5.92 Å². The first kappa shape index (κ1) is 17.3. The maximum Gasteiger partial charge on any atom is 0.126 e. The highest BCUT2D eigenvalue weighted by Gasteiger charge is 2.53. The first-order chi connectivity index (χ1) is 13.1. The summed E-state index contributed by atoms with van der Waals surface area (Å²) >= 11 is 0. The van der Waals surface area contributed by atoms with Gasteiger partial charge in [-0.3, -0.25) is 14.5 Å². The molecule has 0 aliphatic carbocycles. The van der Waals surface area contributed by atoms with E-state index in [0.29, 0.717) is 18.0 Å². The SMILES string of the molecule is CCn1cc(CN2C[C@H](c3cc(F)cc(F)c3)[C@@H]3[C@H]2C2CCN3CC2)cn1. The molecule has 4 saturated heterocycles. The van der Waals surface area contributed by atoms with Gasteiger partial charge in [-0.2, -0.15) is 5.10 Å². The van der Waals surface area contributed by atoms with Crippen LogP contribution in [0.3, 0.4) is 0 Å². The Morgan fingerprint density at radius 1 is 1.07 bits per heavy atom. The van der Waals surface area contributed by atoms with Gasteiger partial charge in [0.15, 0.2) is 0 Å². The summed E-state index contributed by atoms with van der Waals surface area (Å²) in [7, 11) is 0. The van der Waals surface area contributed by atoms with Crippen LogP contribution in [0.15, 0.2) is 30.6 Å². The number of hydrogen-bond acceptors (Lipinski definition) is 3. The van der Waals surface area contributed by atoms with Gasteiger partial charge in [-0.25, -0.2) is 8.78 Å². The lowest BCUT2D eigenvalue weighted by Gasteiger charge is -2.51. The minimum Gasteiger partial charge on any atom is -0.298 e. The van der Waals surface area contributed by atoms with E-state index in [9.17, 15) is 8.78 Å². The van der Waals surface area contributed by atoms with Crippen LogP contribution in [0.25, 0.3) is 0 Å². The Kier molecular flexibility index (Phi) is 4.28. The fourth-order valence-electron chi connectivity index (χ4n) is 5.70. The van der Waals surface area contributed by atoms with E-state index in [1.807, 2.05) is 10.9 Å². The zero-order chi connectivity index (χ0) is 18.5. The molecule has 2 bridgehead atoms. The van der Waals surface area contributed by atoms with Gasteiger partial charge in [-0.05, 0) is 56.5 Å². The van der Waals surface area contributed by atoms with Gasteiger partial charge in [0, 0.05) is 55.5 Å². The molecule has 5 heterocycles. The van der Waals surface area contributed by atoms with Crippen LogP contribution in [0.4, 0.5) is 8.78 Å². The summed E-state index contributed by atoms with van der Waals surface area (Å²) in [6, 6.07) is 4.87. The van der Waals surface area contributed by atoms with Crippen LogP contribution in [0, 0.1) is 17.6 Å². The molecule has 0 unspecified atom stereocenters. The van der Waals surface area contributed by atoms with Gasteiger partial charge in [-0.15, -0.1) is 0 Å². The summed E-state index contributed by atoms with van der Waals surface area (Å²) in [6.07, 6.45) is 6.53. The Hall–Kier alpha value is -1.79. The van der Waals surface area contributed by atoms with Crippen molar-refractivity contribution >= 4 is 0 Å². The van der Waals surface area contributed by atoms with Gasteiger partial charge in [0.2, 0.25) is 0 Å². The molecule has 27 heavy (non-hydrogen) atoms. The van der Waals surface area contributed by atoms with Crippen molar-refractivity contribution in [2.45, 2.75) is 50.9 Å². The van der Waals surface area contributed by atoms with Gasteiger partial charge in [-0.1, -0.05) is 0 Å². The lowest BCUT2D eigenvalue weighted by molar-refractivity contribution is -0.00872. The number of piperidine rings is 3. The van der Waals surface area contributed by atoms with E-state index in [4.69, 9.17) is 0 Å². The standard InChI is InChI=1S/C21H26F2N4/c1-2-27-12-14(10-24-27)11-26-13-19(16-7-17(22)9-18(23)8-16)21-20(26)15-3-5-25(21)6-4-15/h7-10,12,15,19-21H,2-6,11,13H2,1H3/t19-,20-,21-/m1/s1. The largest absolute Gasteiger partial charge is 0.298 e. The minimum absolute atomic E-state index is 0.157. The molecule has 0 N–H and O–H groups in total. The van der Waals surface area contributed by atoms with Crippen molar-refractivity contribution in [2.75, 3.05) is 19.6 Å². The molecule has 4 fully saturated rings. The predicted octanol–water partition coefficient (Wildman–Crippen LogP) is 3.24. The van der Waals surface area contributed by atoms with Crippen molar-refractivity contribution in [2.24, 2.45) is 5.92 Å². The van der Waals surface area contributed by atoms with Crippen LogP contribution in [0.2, 0.25) is 0 Å². The number of fused-ring (bicyclic) bond motifs is 2. The number of benzene rings is 1.